The van der Waals surface area contributed by atoms with Gasteiger partial charge in [-0.2, -0.15) is 0 Å². The lowest BCUT2D eigenvalue weighted by Gasteiger charge is -2.08. The molecule has 0 aliphatic heterocycles. The number of hydrogen-bond donors (Lipinski definition) is 4. The number of furan rings is 1. The average Bonchev–Trinajstić information content (AvgIpc) is 3.19. The fraction of sp³-hybridized carbons (Fsp3) is 0.273. The van der Waals surface area contributed by atoms with E-state index in [9.17, 15) is 13.8 Å². The molecule has 2 aromatic carbocycles. The Morgan fingerprint density at radius 1 is 1.12 bits per heavy atom. The maximum Gasteiger partial charge on any atom is 0.307 e. The third-order valence-electron chi connectivity index (χ3n) is 4.52. The summed E-state index contributed by atoms with van der Waals surface area (Å²) in [6.45, 7) is 0.379. The molecule has 0 spiro atoms. The zero-order valence-corrected chi connectivity index (χ0v) is 19.2. The fourth-order valence-corrected chi connectivity index (χ4v) is 4.77. The summed E-state index contributed by atoms with van der Waals surface area (Å²) in [7, 11) is -1.24. The summed E-state index contributed by atoms with van der Waals surface area (Å²) >= 11 is 0.836. The van der Waals surface area contributed by atoms with Crippen molar-refractivity contribution < 1.29 is 33.3 Å². The molecular formula is C22H24N2O7S2. The predicted molar refractivity (Wildman–Crippen MR) is 125 cm³/mol. The summed E-state index contributed by atoms with van der Waals surface area (Å²) < 4.78 is 23.7. The van der Waals surface area contributed by atoms with Crippen molar-refractivity contribution in [3.05, 3.63) is 59.9 Å². The van der Waals surface area contributed by atoms with Gasteiger partial charge in [0.2, 0.25) is 0 Å². The van der Waals surface area contributed by atoms with E-state index in [0.717, 1.165) is 17.1 Å². The first-order chi connectivity index (χ1) is 16.0. The Labute approximate surface area is 196 Å². The second-order valence-corrected chi connectivity index (χ2v) is 9.47. The van der Waals surface area contributed by atoms with E-state index in [0.29, 0.717) is 34.0 Å². The first-order valence-corrected chi connectivity index (χ1v) is 12.4. The zero-order chi connectivity index (χ0) is 23.6. The number of ether oxygens (including phenoxy) is 1. The van der Waals surface area contributed by atoms with E-state index in [2.05, 4.69) is 5.32 Å². The number of para-hydroxylation sites is 1. The fourth-order valence-electron chi connectivity index (χ4n) is 3.03. The van der Waals surface area contributed by atoms with E-state index in [-0.39, 0.29) is 31.3 Å². The van der Waals surface area contributed by atoms with Crippen molar-refractivity contribution in [3.8, 4) is 5.75 Å². The lowest BCUT2D eigenvalue weighted by molar-refractivity contribution is 0.0920. The summed E-state index contributed by atoms with van der Waals surface area (Å²) in [5.74, 6) is 0.756. The van der Waals surface area contributed by atoms with Gasteiger partial charge >= 0.3 is 5.24 Å². The van der Waals surface area contributed by atoms with Gasteiger partial charge in [-0.15, -0.1) is 0 Å². The van der Waals surface area contributed by atoms with Gasteiger partial charge < -0.3 is 19.6 Å². The molecule has 4 N–H and O–H groups in total. The van der Waals surface area contributed by atoms with E-state index >= 15 is 0 Å². The third kappa shape index (κ3) is 7.06. The molecule has 1 aromatic heterocycles. The quantitative estimate of drug-likeness (QED) is 0.139. The van der Waals surface area contributed by atoms with Crippen LogP contribution in [-0.4, -0.2) is 51.2 Å². The Morgan fingerprint density at radius 2 is 1.88 bits per heavy atom. The van der Waals surface area contributed by atoms with Crippen molar-refractivity contribution in [3.63, 3.8) is 0 Å². The van der Waals surface area contributed by atoms with Gasteiger partial charge in [0.1, 0.15) is 17.9 Å². The van der Waals surface area contributed by atoms with E-state index in [1.165, 1.54) is 0 Å². The summed E-state index contributed by atoms with van der Waals surface area (Å²) in [6, 6.07) is 13.9. The highest BCUT2D eigenvalue weighted by atomic mass is 32.2. The van der Waals surface area contributed by atoms with Crippen LogP contribution in [0, 0.1) is 0 Å². The predicted octanol–water partition coefficient (Wildman–Crippen LogP) is 3.06. The number of carbonyl (C=O) groups is 2. The molecule has 0 aliphatic carbocycles. The molecule has 11 heteroatoms. The van der Waals surface area contributed by atoms with Crippen LogP contribution >= 0.6 is 11.8 Å². The van der Waals surface area contributed by atoms with Crippen molar-refractivity contribution in [1.29, 1.82) is 0 Å². The van der Waals surface area contributed by atoms with Gasteiger partial charge in [0.15, 0.2) is 5.76 Å². The first-order valence-electron chi connectivity index (χ1n) is 10.1. The molecule has 1 unspecified atom stereocenters. The lowest BCUT2D eigenvalue weighted by Crippen LogP contribution is -2.28. The minimum atomic E-state index is -1.24. The molecule has 0 fully saturated rings. The Morgan fingerprint density at radius 3 is 2.61 bits per heavy atom. The highest BCUT2D eigenvalue weighted by Gasteiger charge is 2.21. The molecule has 0 saturated heterocycles. The normalized spacial score (nSPS) is 11.8. The summed E-state index contributed by atoms with van der Waals surface area (Å²) in [5, 5.41) is 20.4. The molecule has 1 atom stereocenters. The molecule has 0 bridgehead atoms. The SMILES string of the molecule is O=C(NO)Sc1ccc(OCCNC(=O)c2oc3ccccc3c2CS(=O)CCCO)cc1. The van der Waals surface area contributed by atoms with Crippen molar-refractivity contribution in [1.82, 2.24) is 10.8 Å². The van der Waals surface area contributed by atoms with Gasteiger partial charge in [-0.1, -0.05) is 18.2 Å². The summed E-state index contributed by atoms with van der Waals surface area (Å²) in [6.07, 6.45) is 0.426. The van der Waals surface area contributed by atoms with Crippen LogP contribution in [0.2, 0.25) is 0 Å². The maximum absolute atomic E-state index is 12.8. The Bertz CT molecular complexity index is 1120. The van der Waals surface area contributed by atoms with Crippen molar-refractivity contribution >= 4 is 44.7 Å². The van der Waals surface area contributed by atoms with Gasteiger partial charge in [-0.3, -0.25) is 19.0 Å². The van der Waals surface area contributed by atoms with Crippen LogP contribution in [0.1, 0.15) is 22.5 Å². The Kier molecular flexibility index (Phi) is 9.31. The number of fused-ring (bicyclic) bond motifs is 1. The number of hydrogen-bond acceptors (Lipinski definition) is 8. The largest absolute Gasteiger partial charge is 0.492 e. The Balaban J connectivity index is 1.57. The summed E-state index contributed by atoms with van der Waals surface area (Å²) in [4.78, 5) is 24.5. The monoisotopic (exact) mass is 492 g/mol. The topological polar surface area (TPSA) is 138 Å². The van der Waals surface area contributed by atoms with Gasteiger partial charge in [0.05, 0.1) is 12.3 Å². The van der Waals surface area contributed by atoms with Crippen molar-refractivity contribution in [2.75, 3.05) is 25.5 Å². The number of carbonyl (C=O) groups excluding carboxylic acids is 2. The standard InChI is InChI=1S/C22H24N2O7S2/c25-11-3-13-33(29)14-18-17-4-1-2-5-19(17)31-20(18)21(26)23-10-12-30-15-6-8-16(9-7-15)32-22(27)24-28/h1-2,4-9,25,28H,3,10-14H2,(H,23,26)(H,24,27). The molecule has 3 aromatic rings. The molecule has 2 amide bonds. The minimum absolute atomic E-state index is 0.0369. The van der Waals surface area contributed by atoms with Crippen LogP contribution in [0.5, 0.6) is 5.75 Å². The van der Waals surface area contributed by atoms with Crippen molar-refractivity contribution in [2.45, 2.75) is 17.1 Å². The molecule has 9 nitrogen and oxygen atoms in total. The number of rotatable bonds is 11. The number of hydroxylamine groups is 1. The average molecular weight is 493 g/mol. The zero-order valence-electron chi connectivity index (χ0n) is 17.6. The highest BCUT2D eigenvalue weighted by Crippen LogP contribution is 2.27. The number of aliphatic hydroxyl groups excluding tert-OH is 1. The van der Waals surface area contributed by atoms with Gasteiger partial charge in [0, 0.05) is 39.0 Å². The van der Waals surface area contributed by atoms with Gasteiger partial charge in [0.25, 0.3) is 5.91 Å². The Hall–Kier alpha value is -2.86. The van der Waals surface area contributed by atoms with E-state index in [1.807, 2.05) is 12.1 Å². The van der Waals surface area contributed by atoms with Crippen LogP contribution in [-0.2, 0) is 16.6 Å². The van der Waals surface area contributed by atoms with Gasteiger partial charge in [-0.05, 0) is 48.5 Å². The van der Waals surface area contributed by atoms with Crippen molar-refractivity contribution in [2.24, 2.45) is 0 Å². The summed E-state index contributed by atoms with van der Waals surface area (Å²) in [5.41, 5.74) is 2.67. The number of amides is 2. The number of nitrogens with one attached hydrogen (secondary N) is 2. The second kappa shape index (κ2) is 12.4. The first kappa shape index (κ1) is 24.8. The number of benzene rings is 2. The highest BCUT2D eigenvalue weighted by molar-refractivity contribution is 8.13. The lowest BCUT2D eigenvalue weighted by atomic mass is 10.1. The van der Waals surface area contributed by atoms with Crippen LogP contribution in [0.4, 0.5) is 4.79 Å². The third-order valence-corrected chi connectivity index (χ3v) is 6.66. The molecule has 176 valence electrons. The van der Waals surface area contributed by atoms with E-state index < -0.39 is 21.9 Å². The van der Waals surface area contributed by atoms with Crippen LogP contribution < -0.4 is 15.5 Å². The molecule has 0 aliphatic rings. The van der Waals surface area contributed by atoms with Crippen LogP contribution in [0.25, 0.3) is 11.0 Å². The molecule has 0 radical (unpaired) electrons. The maximum atomic E-state index is 12.8. The molecule has 3 rings (SSSR count). The smallest absolute Gasteiger partial charge is 0.307 e. The van der Waals surface area contributed by atoms with Crippen LogP contribution in [0.3, 0.4) is 0 Å². The van der Waals surface area contributed by atoms with Crippen LogP contribution in [0.15, 0.2) is 57.8 Å². The van der Waals surface area contributed by atoms with E-state index in [4.69, 9.17) is 19.5 Å². The molecular weight excluding hydrogens is 468 g/mol. The van der Waals surface area contributed by atoms with E-state index in [1.54, 1.807) is 41.9 Å². The minimum Gasteiger partial charge on any atom is -0.492 e. The molecule has 33 heavy (non-hydrogen) atoms. The second-order valence-electron chi connectivity index (χ2n) is 6.85. The molecule has 1 heterocycles. The number of thioether (sulfide) groups is 1. The molecule has 0 saturated carbocycles. The number of aliphatic hydroxyl groups is 1. The van der Waals surface area contributed by atoms with Gasteiger partial charge in [-0.25, -0.2) is 5.48 Å².